The van der Waals surface area contributed by atoms with Gasteiger partial charge in [-0.2, -0.15) is 0 Å². The number of fused-ring (bicyclic) bond motifs is 7. The predicted octanol–water partition coefficient (Wildman–Crippen LogP) is 13.1. The number of hydrogen-bond acceptors (Lipinski definition) is 2. The first kappa shape index (κ1) is 27.9. The van der Waals surface area contributed by atoms with Crippen molar-refractivity contribution >= 4 is 27.8 Å². The maximum absolute atomic E-state index is 6.75. The molecule has 0 aliphatic carbocycles. The van der Waals surface area contributed by atoms with Crippen molar-refractivity contribution in [1.29, 1.82) is 0 Å². The zero-order valence-corrected chi connectivity index (χ0v) is 26.3. The minimum atomic E-state index is 0.860. The topological polar surface area (TPSA) is 12.5 Å². The van der Waals surface area contributed by atoms with Crippen LogP contribution in [-0.2, 0) is 0 Å². The van der Waals surface area contributed by atoms with Crippen molar-refractivity contribution in [2.45, 2.75) is 0 Å². The quantitative estimate of drug-likeness (QED) is 0.191. The molecule has 9 rings (SSSR count). The number of nitrogens with zero attached hydrogens (tertiary/aromatic N) is 1. The summed E-state index contributed by atoms with van der Waals surface area (Å²) in [5.41, 5.74) is 12.6. The van der Waals surface area contributed by atoms with Gasteiger partial charge in [0.1, 0.15) is 11.5 Å². The molecule has 1 aliphatic heterocycles. The normalized spacial score (nSPS) is 11.5. The second-order valence-electron chi connectivity index (χ2n) is 12.1. The van der Waals surface area contributed by atoms with Gasteiger partial charge in [-0.25, -0.2) is 0 Å². The Morgan fingerprint density at radius 3 is 1.67 bits per heavy atom. The van der Waals surface area contributed by atoms with Gasteiger partial charge in [-0.05, 0) is 87.3 Å². The van der Waals surface area contributed by atoms with Crippen molar-refractivity contribution in [2.24, 2.45) is 0 Å². The fourth-order valence-corrected chi connectivity index (χ4v) is 7.00. The number of para-hydroxylation sites is 2. The van der Waals surface area contributed by atoms with Crippen LogP contribution in [0.3, 0.4) is 0 Å². The van der Waals surface area contributed by atoms with Gasteiger partial charge >= 0.3 is 0 Å². The first-order valence-corrected chi connectivity index (χ1v) is 16.4. The summed E-state index contributed by atoms with van der Waals surface area (Å²) < 4.78 is 6.75. The van der Waals surface area contributed by atoms with Gasteiger partial charge in [-0.15, -0.1) is 0 Å². The Labute approximate surface area is 280 Å². The van der Waals surface area contributed by atoms with Gasteiger partial charge in [0.2, 0.25) is 0 Å². The van der Waals surface area contributed by atoms with E-state index >= 15 is 0 Å². The Bertz CT molecular complexity index is 2410. The molecule has 8 aromatic carbocycles. The Hall–Kier alpha value is -6.38. The maximum atomic E-state index is 6.75. The Morgan fingerprint density at radius 1 is 0.333 bits per heavy atom. The highest BCUT2D eigenvalue weighted by Crippen LogP contribution is 2.51. The van der Waals surface area contributed by atoms with E-state index in [-0.39, 0.29) is 0 Å². The highest BCUT2D eigenvalue weighted by Gasteiger charge is 2.24. The molecule has 0 unspecified atom stereocenters. The van der Waals surface area contributed by atoms with Crippen LogP contribution in [0.5, 0.6) is 11.5 Å². The summed E-state index contributed by atoms with van der Waals surface area (Å²) in [6, 6.07) is 66.8. The van der Waals surface area contributed by atoms with Gasteiger partial charge in [-0.1, -0.05) is 140 Å². The second-order valence-corrected chi connectivity index (χ2v) is 12.1. The summed E-state index contributed by atoms with van der Waals surface area (Å²) in [5.74, 6) is 1.76. The lowest BCUT2D eigenvalue weighted by atomic mass is 9.92. The monoisotopic (exact) mass is 613 g/mol. The first-order chi connectivity index (χ1) is 23.8. The van der Waals surface area contributed by atoms with Crippen LogP contribution in [0.1, 0.15) is 0 Å². The van der Waals surface area contributed by atoms with Gasteiger partial charge < -0.3 is 9.64 Å². The van der Waals surface area contributed by atoms with Crippen molar-refractivity contribution in [1.82, 2.24) is 0 Å². The molecule has 1 heterocycles. The number of ether oxygens (including phenoxy) is 1. The second kappa shape index (κ2) is 11.8. The summed E-state index contributed by atoms with van der Waals surface area (Å²) in [6.07, 6.45) is 0. The molecule has 0 spiro atoms. The molecule has 226 valence electrons. The molecule has 1 aliphatic rings. The molecular weight excluding hydrogens is 583 g/mol. The lowest BCUT2D eigenvalue weighted by Crippen LogP contribution is -2.10. The van der Waals surface area contributed by atoms with Gasteiger partial charge in [0.15, 0.2) is 0 Å². The number of anilines is 3. The van der Waals surface area contributed by atoms with E-state index in [1.54, 1.807) is 0 Å². The average Bonchev–Trinajstić information content (AvgIpc) is 3.30. The van der Waals surface area contributed by atoms with Crippen LogP contribution in [0.25, 0.3) is 55.3 Å². The third-order valence-electron chi connectivity index (χ3n) is 9.28. The van der Waals surface area contributed by atoms with Crippen LogP contribution in [-0.4, -0.2) is 0 Å². The summed E-state index contributed by atoms with van der Waals surface area (Å²) in [5, 5.41) is 2.28. The molecule has 0 saturated carbocycles. The van der Waals surface area contributed by atoms with Crippen molar-refractivity contribution in [3.8, 4) is 56.0 Å². The largest absolute Gasteiger partial charge is 0.455 e. The first-order valence-electron chi connectivity index (χ1n) is 16.4. The highest BCUT2D eigenvalue weighted by atomic mass is 16.5. The lowest BCUT2D eigenvalue weighted by Gasteiger charge is -2.27. The third-order valence-corrected chi connectivity index (χ3v) is 9.28. The average molecular weight is 614 g/mol. The molecule has 2 nitrogen and oxygen atoms in total. The van der Waals surface area contributed by atoms with Crippen LogP contribution in [0.2, 0.25) is 0 Å². The number of hydrogen-bond donors (Lipinski definition) is 0. The summed E-state index contributed by atoms with van der Waals surface area (Å²) >= 11 is 0. The van der Waals surface area contributed by atoms with Crippen LogP contribution >= 0.6 is 0 Å². The molecule has 48 heavy (non-hydrogen) atoms. The van der Waals surface area contributed by atoms with E-state index in [9.17, 15) is 0 Å². The highest BCUT2D eigenvalue weighted by molar-refractivity contribution is 6.01. The molecule has 0 atom stereocenters. The lowest BCUT2D eigenvalue weighted by molar-refractivity contribution is 0.493. The van der Waals surface area contributed by atoms with E-state index in [4.69, 9.17) is 4.74 Å². The molecule has 0 amide bonds. The number of rotatable bonds is 5. The fraction of sp³-hybridized carbons (Fsp3) is 0. The Balaban J connectivity index is 1.19. The van der Waals surface area contributed by atoms with E-state index in [0.29, 0.717) is 0 Å². The van der Waals surface area contributed by atoms with E-state index in [1.165, 1.54) is 27.6 Å². The molecule has 0 N–H and O–H groups in total. The smallest absolute Gasteiger partial charge is 0.143 e. The van der Waals surface area contributed by atoms with E-state index in [0.717, 1.165) is 56.2 Å². The van der Waals surface area contributed by atoms with Crippen molar-refractivity contribution < 1.29 is 4.74 Å². The van der Waals surface area contributed by atoms with E-state index < -0.39 is 0 Å². The summed E-state index contributed by atoms with van der Waals surface area (Å²) in [6.45, 7) is 0. The van der Waals surface area contributed by atoms with E-state index in [2.05, 4.69) is 187 Å². The molecule has 0 fully saturated rings. The molecule has 0 bridgehead atoms. The SMILES string of the molecule is c1ccc(-c2ccccc2-c2ccc(N(c3ccccc3)c3ccc4c(c3)-c3ccccc3Oc3c-4ccc4ccccc34)cc2)cc1. The zero-order valence-electron chi connectivity index (χ0n) is 26.3. The van der Waals surface area contributed by atoms with Crippen LogP contribution in [0.15, 0.2) is 188 Å². The zero-order chi connectivity index (χ0) is 31.9. The Kier molecular flexibility index (Phi) is 6.84. The van der Waals surface area contributed by atoms with Crippen LogP contribution in [0.4, 0.5) is 17.1 Å². The summed E-state index contributed by atoms with van der Waals surface area (Å²) in [7, 11) is 0. The fourth-order valence-electron chi connectivity index (χ4n) is 7.00. The Morgan fingerprint density at radius 2 is 0.896 bits per heavy atom. The van der Waals surface area contributed by atoms with Gasteiger partial charge in [0.25, 0.3) is 0 Å². The minimum absolute atomic E-state index is 0.860. The van der Waals surface area contributed by atoms with E-state index in [1.807, 2.05) is 6.07 Å². The van der Waals surface area contributed by atoms with Gasteiger partial charge in [0, 0.05) is 33.6 Å². The molecule has 0 aromatic heterocycles. The minimum Gasteiger partial charge on any atom is -0.455 e. The van der Waals surface area contributed by atoms with Crippen LogP contribution in [0, 0.1) is 0 Å². The standard InChI is InChI=1S/C46H31NO/c1-3-13-32(14-4-1)38-18-9-10-19-39(38)34-23-26-36(27-24-34)47(35-16-5-2-6-17-35)37-28-30-41-43-29-25-33-15-7-8-20-40(33)46(43)48-45-22-12-11-21-42(45)44(41)31-37/h1-31H. The maximum Gasteiger partial charge on any atom is 0.143 e. The molecule has 0 radical (unpaired) electrons. The van der Waals surface area contributed by atoms with Crippen molar-refractivity contribution in [3.05, 3.63) is 188 Å². The van der Waals surface area contributed by atoms with Crippen molar-refractivity contribution in [3.63, 3.8) is 0 Å². The molecule has 2 heteroatoms. The molecular formula is C46H31NO. The van der Waals surface area contributed by atoms with Crippen molar-refractivity contribution in [2.75, 3.05) is 4.90 Å². The van der Waals surface area contributed by atoms with Gasteiger partial charge in [0.05, 0.1) is 0 Å². The molecule has 0 saturated heterocycles. The number of benzene rings is 8. The predicted molar refractivity (Wildman–Crippen MR) is 200 cm³/mol. The third kappa shape index (κ3) is 4.83. The molecule has 8 aromatic rings. The van der Waals surface area contributed by atoms with Gasteiger partial charge in [-0.3, -0.25) is 0 Å². The van der Waals surface area contributed by atoms with Crippen LogP contribution < -0.4 is 9.64 Å². The summed E-state index contributed by atoms with van der Waals surface area (Å²) in [4.78, 5) is 2.34.